The van der Waals surface area contributed by atoms with E-state index in [2.05, 4.69) is 11.4 Å². The Bertz CT molecular complexity index is 513. The molecule has 4 nitrogen and oxygen atoms in total. The number of carbonyl (C=O) groups excluding carboxylic acids is 1. The molecule has 0 saturated carbocycles. The van der Waals surface area contributed by atoms with Crippen molar-refractivity contribution in [2.24, 2.45) is 0 Å². The van der Waals surface area contributed by atoms with E-state index >= 15 is 0 Å². The first kappa shape index (κ1) is 14.4. The van der Waals surface area contributed by atoms with Crippen molar-refractivity contribution >= 4 is 5.91 Å². The van der Waals surface area contributed by atoms with Crippen LogP contribution in [0, 0.1) is 23.0 Å². The Morgan fingerprint density at radius 3 is 2.45 bits per heavy atom. The second-order valence-corrected chi connectivity index (χ2v) is 4.84. The highest BCUT2D eigenvalue weighted by atomic mass is 19.1. The number of hydrogen-bond acceptors (Lipinski definition) is 3. The van der Waals surface area contributed by atoms with Crippen molar-refractivity contribution < 1.29 is 13.6 Å². The highest BCUT2D eigenvalue weighted by molar-refractivity contribution is 5.94. The van der Waals surface area contributed by atoms with Gasteiger partial charge in [0.25, 0.3) is 5.91 Å². The van der Waals surface area contributed by atoms with Gasteiger partial charge in [-0.05, 0) is 25.0 Å². The quantitative estimate of drug-likeness (QED) is 0.856. The summed E-state index contributed by atoms with van der Waals surface area (Å²) in [5, 5.41) is 11.4. The number of nitriles is 1. The van der Waals surface area contributed by atoms with E-state index in [9.17, 15) is 13.6 Å². The SMILES string of the molecule is N#CCN1CCC(NC(=O)c2cc(F)cc(F)c2)CC1. The van der Waals surface area contributed by atoms with Crippen LogP contribution in [-0.2, 0) is 0 Å². The molecule has 1 aromatic carbocycles. The van der Waals surface area contributed by atoms with Gasteiger partial charge in [0, 0.05) is 30.8 Å². The maximum absolute atomic E-state index is 13.0. The number of likely N-dealkylation sites (tertiary alicyclic amines) is 1. The lowest BCUT2D eigenvalue weighted by Crippen LogP contribution is -2.44. The molecule has 1 aromatic rings. The van der Waals surface area contributed by atoms with E-state index in [0.29, 0.717) is 6.54 Å². The van der Waals surface area contributed by atoms with E-state index in [1.54, 1.807) is 0 Å². The molecule has 106 valence electrons. The molecule has 6 heteroatoms. The van der Waals surface area contributed by atoms with Crippen LogP contribution in [-0.4, -0.2) is 36.5 Å². The predicted octanol–water partition coefficient (Wildman–Crippen LogP) is 1.68. The van der Waals surface area contributed by atoms with Crippen LogP contribution in [0.25, 0.3) is 0 Å². The number of rotatable bonds is 3. The molecule has 0 aliphatic carbocycles. The van der Waals surface area contributed by atoms with Crippen LogP contribution in [0.3, 0.4) is 0 Å². The van der Waals surface area contributed by atoms with E-state index in [1.165, 1.54) is 0 Å². The number of piperidine rings is 1. The summed E-state index contributed by atoms with van der Waals surface area (Å²) in [6.07, 6.45) is 1.45. The largest absolute Gasteiger partial charge is 0.349 e. The van der Waals surface area contributed by atoms with Gasteiger partial charge in [0.2, 0.25) is 0 Å². The van der Waals surface area contributed by atoms with Crippen molar-refractivity contribution in [3.8, 4) is 6.07 Å². The van der Waals surface area contributed by atoms with Crippen molar-refractivity contribution in [2.75, 3.05) is 19.6 Å². The minimum absolute atomic E-state index is 0.0121. The van der Waals surface area contributed by atoms with Crippen molar-refractivity contribution in [3.05, 3.63) is 35.4 Å². The molecule has 2 rings (SSSR count). The molecular formula is C14H15F2N3O. The topological polar surface area (TPSA) is 56.1 Å². The number of benzene rings is 1. The zero-order chi connectivity index (χ0) is 14.5. The molecule has 20 heavy (non-hydrogen) atoms. The van der Waals surface area contributed by atoms with Crippen LogP contribution < -0.4 is 5.32 Å². The van der Waals surface area contributed by atoms with Gasteiger partial charge in [-0.15, -0.1) is 0 Å². The van der Waals surface area contributed by atoms with Crippen LogP contribution in [0.4, 0.5) is 8.78 Å². The molecule has 1 amide bonds. The molecule has 1 aliphatic heterocycles. The van der Waals surface area contributed by atoms with E-state index < -0.39 is 17.5 Å². The second kappa shape index (κ2) is 6.44. The van der Waals surface area contributed by atoms with Gasteiger partial charge < -0.3 is 5.32 Å². The summed E-state index contributed by atoms with van der Waals surface area (Å²) in [5.41, 5.74) is -0.0121. The van der Waals surface area contributed by atoms with Crippen molar-refractivity contribution in [2.45, 2.75) is 18.9 Å². The minimum Gasteiger partial charge on any atom is -0.349 e. The third kappa shape index (κ3) is 3.75. The van der Waals surface area contributed by atoms with Crippen molar-refractivity contribution in [3.63, 3.8) is 0 Å². The first-order valence-electron chi connectivity index (χ1n) is 6.45. The smallest absolute Gasteiger partial charge is 0.251 e. The number of carbonyl (C=O) groups is 1. The van der Waals surface area contributed by atoms with Gasteiger partial charge in [-0.2, -0.15) is 5.26 Å². The fourth-order valence-electron chi connectivity index (χ4n) is 2.29. The average molecular weight is 279 g/mol. The molecule has 0 radical (unpaired) electrons. The Morgan fingerprint density at radius 1 is 1.30 bits per heavy atom. The standard InChI is InChI=1S/C14H15F2N3O/c15-11-7-10(8-12(16)9-11)14(20)18-13-1-4-19(5-2-13)6-3-17/h7-9,13H,1-2,4-6H2,(H,18,20). The first-order valence-corrected chi connectivity index (χ1v) is 6.45. The molecule has 0 unspecified atom stereocenters. The number of nitrogens with one attached hydrogen (secondary N) is 1. The van der Waals surface area contributed by atoms with E-state index in [4.69, 9.17) is 5.26 Å². The fraction of sp³-hybridized carbons (Fsp3) is 0.429. The van der Waals surface area contributed by atoms with E-state index in [-0.39, 0.29) is 11.6 Å². The molecule has 0 aromatic heterocycles. The Hall–Kier alpha value is -2.00. The molecule has 0 bridgehead atoms. The maximum Gasteiger partial charge on any atom is 0.251 e. The first-order chi connectivity index (χ1) is 9.58. The summed E-state index contributed by atoms with van der Waals surface area (Å²) in [5.74, 6) is -2.00. The van der Waals surface area contributed by atoms with Crippen LogP contribution in [0.1, 0.15) is 23.2 Å². The minimum atomic E-state index is -0.765. The summed E-state index contributed by atoms with van der Waals surface area (Å²) in [6, 6.07) is 4.83. The normalized spacial score (nSPS) is 16.6. The third-order valence-corrected chi connectivity index (χ3v) is 3.34. The summed E-state index contributed by atoms with van der Waals surface area (Å²) >= 11 is 0. The van der Waals surface area contributed by atoms with Gasteiger partial charge >= 0.3 is 0 Å². The van der Waals surface area contributed by atoms with E-state index in [0.717, 1.165) is 44.1 Å². The van der Waals surface area contributed by atoms with Gasteiger partial charge in [-0.25, -0.2) is 8.78 Å². The Kier molecular flexibility index (Phi) is 4.64. The zero-order valence-corrected chi connectivity index (χ0v) is 10.9. The summed E-state index contributed by atoms with van der Waals surface area (Å²) in [4.78, 5) is 13.9. The molecule has 1 aliphatic rings. The molecule has 0 atom stereocenters. The number of hydrogen-bond donors (Lipinski definition) is 1. The molecule has 1 heterocycles. The summed E-state index contributed by atoms with van der Waals surface area (Å²) < 4.78 is 26.1. The van der Waals surface area contributed by atoms with Crippen LogP contribution in [0.15, 0.2) is 18.2 Å². The lowest BCUT2D eigenvalue weighted by atomic mass is 10.0. The third-order valence-electron chi connectivity index (χ3n) is 3.34. The maximum atomic E-state index is 13.0. The molecular weight excluding hydrogens is 264 g/mol. The predicted molar refractivity (Wildman–Crippen MR) is 68.9 cm³/mol. The Labute approximate surface area is 116 Å². The number of amides is 1. The fourth-order valence-corrected chi connectivity index (χ4v) is 2.29. The van der Waals surface area contributed by atoms with Crippen LogP contribution >= 0.6 is 0 Å². The molecule has 1 N–H and O–H groups in total. The zero-order valence-electron chi connectivity index (χ0n) is 10.9. The van der Waals surface area contributed by atoms with Crippen LogP contribution in [0.5, 0.6) is 0 Å². The Balaban J connectivity index is 1.91. The molecule has 1 fully saturated rings. The second-order valence-electron chi connectivity index (χ2n) is 4.84. The molecule has 0 spiro atoms. The highest BCUT2D eigenvalue weighted by Crippen LogP contribution is 2.12. The lowest BCUT2D eigenvalue weighted by Gasteiger charge is -2.30. The van der Waals surface area contributed by atoms with Crippen LogP contribution in [0.2, 0.25) is 0 Å². The van der Waals surface area contributed by atoms with Crippen molar-refractivity contribution in [1.29, 1.82) is 5.26 Å². The van der Waals surface area contributed by atoms with Gasteiger partial charge in [-0.1, -0.05) is 0 Å². The Morgan fingerprint density at radius 2 is 1.90 bits per heavy atom. The van der Waals surface area contributed by atoms with Gasteiger partial charge in [0.15, 0.2) is 0 Å². The van der Waals surface area contributed by atoms with Gasteiger partial charge in [0.05, 0.1) is 12.6 Å². The van der Waals surface area contributed by atoms with Gasteiger partial charge in [0.1, 0.15) is 11.6 Å². The summed E-state index contributed by atoms with van der Waals surface area (Å²) in [7, 11) is 0. The van der Waals surface area contributed by atoms with Crippen molar-refractivity contribution in [1.82, 2.24) is 10.2 Å². The highest BCUT2D eigenvalue weighted by Gasteiger charge is 2.21. The van der Waals surface area contributed by atoms with Gasteiger partial charge in [-0.3, -0.25) is 9.69 Å². The number of nitrogens with zero attached hydrogens (tertiary/aromatic N) is 2. The lowest BCUT2D eigenvalue weighted by molar-refractivity contribution is 0.0913. The molecule has 1 saturated heterocycles. The average Bonchev–Trinajstić information content (AvgIpc) is 2.40. The van der Waals surface area contributed by atoms with E-state index in [1.807, 2.05) is 4.90 Å². The summed E-state index contributed by atoms with van der Waals surface area (Å²) in [6.45, 7) is 1.85. The monoisotopic (exact) mass is 279 g/mol. The number of halogens is 2.